The van der Waals surface area contributed by atoms with Crippen LogP contribution in [0.1, 0.15) is 30.9 Å². The minimum Gasteiger partial charge on any atom is -0.245 e. The number of aromatic nitrogens is 3. The van der Waals surface area contributed by atoms with Crippen LogP contribution in [0.5, 0.6) is 0 Å². The maximum atomic E-state index is 13.4. The number of fused-ring (bicyclic) bond motifs is 3. The number of benzene rings is 3. The summed E-state index contributed by atoms with van der Waals surface area (Å²) in [5.74, 6) is 1.84. The number of hydrogen-bond donors (Lipinski definition) is 0. The Morgan fingerprint density at radius 2 is 1.50 bits per heavy atom. The zero-order chi connectivity index (χ0) is 23.3. The van der Waals surface area contributed by atoms with Gasteiger partial charge in [-0.2, -0.15) is 4.98 Å². The van der Waals surface area contributed by atoms with Gasteiger partial charge in [0.1, 0.15) is 0 Å². The molecule has 1 heterocycles. The van der Waals surface area contributed by atoms with Gasteiger partial charge in [-0.15, -0.1) is 0 Å². The van der Waals surface area contributed by atoms with Crippen LogP contribution in [-0.2, 0) is 5.41 Å². The molecule has 4 aromatic rings. The highest BCUT2D eigenvalue weighted by atomic mass is 16.1. The van der Waals surface area contributed by atoms with E-state index in [2.05, 4.69) is 61.3 Å². The maximum absolute atomic E-state index is 13.4. The van der Waals surface area contributed by atoms with E-state index in [0.717, 1.165) is 16.8 Å². The summed E-state index contributed by atoms with van der Waals surface area (Å²) in [6.07, 6.45) is 8.92. The van der Waals surface area contributed by atoms with Crippen molar-refractivity contribution in [3.63, 3.8) is 0 Å². The molecule has 2 aliphatic rings. The van der Waals surface area contributed by atoms with Crippen LogP contribution in [0.4, 0.5) is 0 Å². The van der Waals surface area contributed by atoms with Gasteiger partial charge in [0.25, 0.3) is 0 Å². The standard InChI is InChI=1S/C30H25N3O/c1-30(2)25-16-10-9-15-23(25)24-18-17-21(19-26(24)30)28-31-27(20-11-5-3-6-12-20)32-29(34)33(28)22-13-7-4-8-14-22/h3-19,23,25H,1-2H3. The van der Waals surface area contributed by atoms with Crippen LogP contribution in [0.25, 0.3) is 28.5 Å². The predicted molar refractivity (Wildman–Crippen MR) is 136 cm³/mol. The highest BCUT2D eigenvalue weighted by Crippen LogP contribution is 2.53. The molecule has 4 nitrogen and oxygen atoms in total. The SMILES string of the molecule is CC1(C)c2cc(-c3nc(-c4ccccc4)nc(=O)n3-c3ccccc3)ccc2C2C=CC=CC21. The smallest absolute Gasteiger partial charge is 0.245 e. The molecular formula is C30H25N3O. The van der Waals surface area contributed by atoms with Crippen molar-refractivity contribution in [2.75, 3.05) is 0 Å². The van der Waals surface area contributed by atoms with Gasteiger partial charge >= 0.3 is 5.69 Å². The van der Waals surface area contributed by atoms with Crippen LogP contribution >= 0.6 is 0 Å². The third kappa shape index (κ3) is 3.18. The molecule has 2 atom stereocenters. The van der Waals surface area contributed by atoms with E-state index < -0.39 is 0 Å². The second-order valence-corrected chi connectivity index (χ2v) is 9.54. The van der Waals surface area contributed by atoms with E-state index in [1.54, 1.807) is 4.57 Å². The normalized spacial score (nSPS) is 19.6. The van der Waals surface area contributed by atoms with Gasteiger partial charge in [0, 0.05) is 17.0 Å². The van der Waals surface area contributed by atoms with E-state index in [-0.39, 0.29) is 11.1 Å². The molecule has 1 aromatic heterocycles. The van der Waals surface area contributed by atoms with Crippen LogP contribution in [0.15, 0.2) is 108 Å². The minimum atomic E-state index is -0.339. The summed E-state index contributed by atoms with van der Waals surface area (Å²) in [4.78, 5) is 22.6. The van der Waals surface area contributed by atoms with Crippen LogP contribution in [0, 0.1) is 5.92 Å². The molecule has 0 radical (unpaired) electrons. The van der Waals surface area contributed by atoms with Crippen molar-refractivity contribution in [1.29, 1.82) is 0 Å². The zero-order valence-corrected chi connectivity index (χ0v) is 19.2. The van der Waals surface area contributed by atoms with Crippen molar-refractivity contribution in [1.82, 2.24) is 14.5 Å². The fraction of sp³-hybridized carbons (Fsp3) is 0.167. The lowest BCUT2D eigenvalue weighted by atomic mass is 9.74. The average molecular weight is 444 g/mol. The third-order valence-corrected chi connectivity index (χ3v) is 7.20. The molecule has 0 spiro atoms. The molecule has 166 valence electrons. The van der Waals surface area contributed by atoms with Crippen LogP contribution in [-0.4, -0.2) is 14.5 Å². The molecule has 2 aliphatic carbocycles. The summed E-state index contributed by atoms with van der Waals surface area (Å²) in [6, 6.07) is 25.8. The Kier molecular flexibility index (Phi) is 4.70. The summed E-state index contributed by atoms with van der Waals surface area (Å²) in [5.41, 5.74) is 4.79. The summed E-state index contributed by atoms with van der Waals surface area (Å²) in [5, 5.41) is 0. The van der Waals surface area contributed by atoms with Gasteiger partial charge < -0.3 is 0 Å². The molecule has 0 saturated carbocycles. The highest BCUT2D eigenvalue weighted by Gasteiger charge is 2.44. The number of allylic oxidation sites excluding steroid dienone is 4. The number of hydrogen-bond acceptors (Lipinski definition) is 3. The molecule has 0 fully saturated rings. The molecule has 4 heteroatoms. The van der Waals surface area contributed by atoms with E-state index in [9.17, 15) is 4.79 Å². The first kappa shape index (κ1) is 20.5. The molecule has 2 unspecified atom stereocenters. The molecular weight excluding hydrogens is 418 g/mol. The number of nitrogens with zero attached hydrogens (tertiary/aromatic N) is 3. The number of rotatable bonds is 3. The summed E-state index contributed by atoms with van der Waals surface area (Å²) < 4.78 is 1.61. The van der Waals surface area contributed by atoms with Gasteiger partial charge in [-0.3, -0.25) is 0 Å². The van der Waals surface area contributed by atoms with Gasteiger partial charge in [0.05, 0.1) is 5.69 Å². The summed E-state index contributed by atoms with van der Waals surface area (Å²) in [6.45, 7) is 4.62. The summed E-state index contributed by atoms with van der Waals surface area (Å²) >= 11 is 0. The molecule has 0 saturated heterocycles. The topological polar surface area (TPSA) is 47.8 Å². The van der Waals surface area contributed by atoms with E-state index in [4.69, 9.17) is 4.98 Å². The van der Waals surface area contributed by atoms with Crippen molar-refractivity contribution in [3.8, 4) is 28.5 Å². The van der Waals surface area contributed by atoms with Gasteiger partial charge in [-0.1, -0.05) is 98.8 Å². The summed E-state index contributed by atoms with van der Waals surface area (Å²) in [7, 11) is 0. The van der Waals surface area contributed by atoms with Crippen molar-refractivity contribution in [2.45, 2.75) is 25.2 Å². The Hall–Kier alpha value is -4.05. The highest BCUT2D eigenvalue weighted by molar-refractivity contribution is 5.66. The van der Waals surface area contributed by atoms with Gasteiger partial charge in [-0.05, 0) is 40.7 Å². The molecule has 6 rings (SSSR count). The molecule has 0 aliphatic heterocycles. The molecule has 0 N–H and O–H groups in total. The molecule has 0 bridgehead atoms. The van der Waals surface area contributed by atoms with Crippen molar-refractivity contribution in [2.24, 2.45) is 5.92 Å². The van der Waals surface area contributed by atoms with Crippen LogP contribution in [0.2, 0.25) is 0 Å². The lowest BCUT2D eigenvalue weighted by molar-refractivity contribution is 0.394. The Balaban J connectivity index is 1.59. The maximum Gasteiger partial charge on any atom is 0.355 e. The van der Waals surface area contributed by atoms with E-state index in [1.807, 2.05) is 60.7 Å². The lowest BCUT2D eigenvalue weighted by Gasteiger charge is -2.29. The van der Waals surface area contributed by atoms with Crippen molar-refractivity contribution in [3.05, 3.63) is 125 Å². The minimum absolute atomic E-state index is 0.0234. The van der Waals surface area contributed by atoms with Crippen molar-refractivity contribution < 1.29 is 0 Å². The van der Waals surface area contributed by atoms with Gasteiger partial charge in [0.15, 0.2) is 11.6 Å². The second-order valence-electron chi connectivity index (χ2n) is 9.54. The quantitative estimate of drug-likeness (QED) is 0.386. The van der Waals surface area contributed by atoms with Crippen molar-refractivity contribution >= 4 is 0 Å². The Morgan fingerprint density at radius 3 is 2.26 bits per heavy atom. The van der Waals surface area contributed by atoms with E-state index >= 15 is 0 Å². The largest absolute Gasteiger partial charge is 0.355 e. The third-order valence-electron chi connectivity index (χ3n) is 7.20. The molecule has 3 aromatic carbocycles. The van der Waals surface area contributed by atoms with Gasteiger partial charge in [0.2, 0.25) is 0 Å². The Bertz CT molecular complexity index is 1500. The predicted octanol–water partition coefficient (Wildman–Crippen LogP) is 6.08. The molecule has 0 amide bonds. The lowest BCUT2D eigenvalue weighted by Crippen LogP contribution is -2.26. The zero-order valence-electron chi connectivity index (χ0n) is 19.2. The average Bonchev–Trinajstić information content (AvgIpc) is 3.11. The van der Waals surface area contributed by atoms with Crippen LogP contribution in [0.3, 0.4) is 0 Å². The first-order valence-electron chi connectivity index (χ1n) is 11.7. The second kappa shape index (κ2) is 7.77. The monoisotopic (exact) mass is 443 g/mol. The van der Waals surface area contributed by atoms with Crippen LogP contribution < -0.4 is 5.69 Å². The first-order valence-corrected chi connectivity index (χ1v) is 11.7. The fourth-order valence-corrected chi connectivity index (χ4v) is 5.44. The Labute approximate surface area is 199 Å². The Morgan fingerprint density at radius 1 is 0.794 bits per heavy atom. The first-order chi connectivity index (χ1) is 16.5. The van der Waals surface area contributed by atoms with E-state index in [1.165, 1.54) is 11.1 Å². The van der Waals surface area contributed by atoms with E-state index in [0.29, 0.717) is 23.5 Å². The number of para-hydroxylation sites is 1. The fourth-order valence-electron chi connectivity index (χ4n) is 5.44. The molecule has 34 heavy (non-hydrogen) atoms. The van der Waals surface area contributed by atoms with Gasteiger partial charge in [-0.25, -0.2) is 14.3 Å².